The first-order valence-electron chi connectivity index (χ1n) is 8.92. The highest BCUT2D eigenvalue weighted by molar-refractivity contribution is 8.00. The van der Waals surface area contributed by atoms with Crippen LogP contribution in [0.1, 0.15) is 56.0 Å². The predicted molar refractivity (Wildman–Crippen MR) is 95.7 cm³/mol. The monoisotopic (exact) mass is 396 g/mol. The van der Waals surface area contributed by atoms with Gasteiger partial charge in [-0.25, -0.2) is 0 Å². The standard InChI is InChI=1S/C18H19F3N4OS/c1-10(16(26)22-13-6-4-12(5-7-13)18(19,20)21)27-17-24-23-15(11-2-3-11)25(17)14-8-9-14/h4-7,10-11,14H,2-3,8-9H2,1H3,(H,22,26). The van der Waals surface area contributed by atoms with Gasteiger partial charge in [0.1, 0.15) is 5.82 Å². The van der Waals surface area contributed by atoms with E-state index in [1.165, 1.54) is 23.9 Å². The normalized spacial score (nSPS) is 18.4. The molecule has 1 N–H and O–H groups in total. The quantitative estimate of drug-likeness (QED) is 0.724. The number of nitrogens with one attached hydrogen (secondary N) is 1. The number of carbonyl (C=O) groups is 1. The number of alkyl halides is 3. The van der Waals surface area contributed by atoms with Crippen molar-refractivity contribution in [3.05, 3.63) is 35.7 Å². The first-order valence-corrected chi connectivity index (χ1v) is 9.80. The van der Waals surface area contributed by atoms with Gasteiger partial charge in [0, 0.05) is 17.6 Å². The fourth-order valence-corrected chi connectivity index (χ4v) is 3.79. The molecule has 0 radical (unpaired) electrons. The van der Waals surface area contributed by atoms with Crippen molar-refractivity contribution in [1.29, 1.82) is 0 Å². The second-order valence-corrected chi connectivity index (χ2v) is 8.35. The van der Waals surface area contributed by atoms with Crippen LogP contribution in [0, 0.1) is 0 Å². The molecule has 144 valence electrons. The Morgan fingerprint density at radius 3 is 2.41 bits per heavy atom. The zero-order valence-electron chi connectivity index (χ0n) is 14.7. The minimum absolute atomic E-state index is 0.280. The molecule has 4 rings (SSSR count). The summed E-state index contributed by atoms with van der Waals surface area (Å²) >= 11 is 1.34. The smallest absolute Gasteiger partial charge is 0.325 e. The fourth-order valence-electron chi connectivity index (χ4n) is 2.86. The highest BCUT2D eigenvalue weighted by atomic mass is 32.2. The minimum Gasteiger partial charge on any atom is -0.325 e. The number of thioether (sulfide) groups is 1. The van der Waals surface area contributed by atoms with E-state index in [2.05, 4.69) is 20.1 Å². The Hall–Kier alpha value is -2.03. The molecule has 2 fully saturated rings. The fraction of sp³-hybridized carbons (Fsp3) is 0.500. The van der Waals surface area contributed by atoms with Crippen LogP contribution < -0.4 is 5.32 Å². The van der Waals surface area contributed by atoms with E-state index >= 15 is 0 Å². The second kappa shape index (κ2) is 6.85. The van der Waals surface area contributed by atoms with Crippen molar-refractivity contribution in [3.63, 3.8) is 0 Å². The van der Waals surface area contributed by atoms with Gasteiger partial charge in [-0.1, -0.05) is 11.8 Å². The number of rotatable bonds is 6. The molecule has 1 amide bonds. The topological polar surface area (TPSA) is 59.8 Å². The molecule has 9 heteroatoms. The van der Waals surface area contributed by atoms with Gasteiger partial charge < -0.3 is 9.88 Å². The minimum atomic E-state index is -4.39. The molecule has 1 unspecified atom stereocenters. The maximum atomic E-state index is 12.6. The van der Waals surface area contributed by atoms with Gasteiger partial charge in [-0.05, 0) is 56.9 Å². The highest BCUT2D eigenvalue weighted by Crippen LogP contribution is 2.46. The van der Waals surface area contributed by atoms with Gasteiger partial charge in [-0.15, -0.1) is 10.2 Å². The SMILES string of the molecule is CC(Sc1nnc(C2CC2)n1C1CC1)C(=O)Nc1ccc(C(F)(F)F)cc1. The number of halogens is 3. The predicted octanol–water partition coefficient (Wildman–Crippen LogP) is 4.63. The van der Waals surface area contributed by atoms with E-state index in [0.717, 1.165) is 48.8 Å². The van der Waals surface area contributed by atoms with Gasteiger partial charge in [-0.3, -0.25) is 4.79 Å². The molecule has 2 saturated carbocycles. The summed E-state index contributed by atoms with van der Waals surface area (Å²) in [6.07, 6.45) is 0.103. The van der Waals surface area contributed by atoms with E-state index in [1.54, 1.807) is 6.92 Å². The Kier molecular flexibility index (Phi) is 4.65. The molecule has 5 nitrogen and oxygen atoms in total. The highest BCUT2D eigenvalue weighted by Gasteiger charge is 2.37. The van der Waals surface area contributed by atoms with E-state index in [9.17, 15) is 18.0 Å². The summed E-state index contributed by atoms with van der Waals surface area (Å²) < 4.78 is 40.0. The molecule has 2 aromatic rings. The van der Waals surface area contributed by atoms with E-state index in [0.29, 0.717) is 17.6 Å². The van der Waals surface area contributed by atoms with E-state index in [1.807, 2.05) is 0 Å². The van der Waals surface area contributed by atoms with Gasteiger partial charge in [-0.2, -0.15) is 13.2 Å². The maximum absolute atomic E-state index is 12.6. The van der Waals surface area contributed by atoms with Crippen molar-refractivity contribution in [2.75, 3.05) is 5.32 Å². The van der Waals surface area contributed by atoms with Crippen LogP contribution in [0.3, 0.4) is 0 Å². The summed E-state index contributed by atoms with van der Waals surface area (Å²) in [5.41, 5.74) is -0.407. The summed E-state index contributed by atoms with van der Waals surface area (Å²) in [6.45, 7) is 1.76. The van der Waals surface area contributed by atoms with E-state index < -0.39 is 17.0 Å². The van der Waals surface area contributed by atoms with Crippen LogP contribution in [0.2, 0.25) is 0 Å². The number of amides is 1. The Balaban J connectivity index is 1.41. The molecular formula is C18H19F3N4OS. The van der Waals surface area contributed by atoms with E-state index in [4.69, 9.17) is 0 Å². The van der Waals surface area contributed by atoms with Gasteiger partial charge in [0.05, 0.1) is 10.8 Å². The van der Waals surface area contributed by atoms with Crippen LogP contribution in [-0.2, 0) is 11.0 Å². The molecule has 1 atom stereocenters. The van der Waals surface area contributed by atoms with Crippen LogP contribution in [0.15, 0.2) is 29.4 Å². The van der Waals surface area contributed by atoms with Crippen LogP contribution in [0.25, 0.3) is 0 Å². The largest absolute Gasteiger partial charge is 0.416 e. The Morgan fingerprint density at radius 2 is 1.85 bits per heavy atom. The third-order valence-corrected chi connectivity index (χ3v) is 5.73. The molecule has 0 spiro atoms. The zero-order valence-corrected chi connectivity index (χ0v) is 15.5. The van der Waals surface area contributed by atoms with Crippen molar-refractivity contribution in [3.8, 4) is 0 Å². The lowest BCUT2D eigenvalue weighted by Crippen LogP contribution is -2.23. The molecule has 1 aromatic carbocycles. The van der Waals surface area contributed by atoms with Crippen molar-refractivity contribution in [2.45, 2.75) is 61.1 Å². The van der Waals surface area contributed by atoms with Crippen LogP contribution in [-0.4, -0.2) is 25.9 Å². The lowest BCUT2D eigenvalue weighted by Gasteiger charge is -2.14. The Labute approximate surface area is 158 Å². The van der Waals surface area contributed by atoms with Gasteiger partial charge in [0.15, 0.2) is 5.16 Å². The Bertz CT molecular complexity index is 841. The molecule has 1 aromatic heterocycles. The summed E-state index contributed by atoms with van der Waals surface area (Å²) in [7, 11) is 0. The molecule has 0 saturated heterocycles. The van der Waals surface area contributed by atoms with Crippen molar-refractivity contribution < 1.29 is 18.0 Å². The number of anilines is 1. The van der Waals surface area contributed by atoms with Gasteiger partial charge >= 0.3 is 6.18 Å². The number of aromatic nitrogens is 3. The van der Waals surface area contributed by atoms with Gasteiger partial charge in [0.25, 0.3) is 0 Å². The molecule has 0 bridgehead atoms. The summed E-state index contributed by atoms with van der Waals surface area (Å²) in [6, 6.07) is 4.87. The third-order valence-electron chi connectivity index (χ3n) is 4.68. The molecule has 2 aliphatic rings. The average molecular weight is 396 g/mol. The number of nitrogens with zero attached hydrogens (tertiary/aromatic N) is 3. The summed E-state index contributed by atoms with van der Waals surface area (Å²) in [4.78, 5) is 12.4. The molecule has 1 heterocycles. The molecular weight excluding hydrogens is 377 g/mol. The van der Waals surface area contributed by atoms with Crippen LogP contribution in [0.4, 0.5) is 18.9 Å². The van der Waals surface area contributed by atoms with Crippen molar-refractivity contribution in [2.24, 2.45) is 0 Å². The molecule has 0 aliphatic heterocycles. The number of carbonyl (C=O) groups excluding carboxylic acids is 1. The average Bonchev–Trinajstić information content (AvgIpc) is 3.53. The molecule has 2 aliphatic carbocycles. The van der Waals surface area contributed by atoms with Crippen molar-refractivity contribution in [1.82, 2.24) is 14.8 Å². The van der Waals surface area contributed by atoms with Crippen molar-refractivity contribution >= 4 is 23.4 Å². The van der Waals surface area contributed by atoms with Gasteiger partial charge in [0.2, 0.25) is 5.91 Å². The zero-order chi connectivity index (χ0) is 19.2. The lowest BCUT2D eigenvalue weighted by atomic mass is 10.2. The summed E-state index contributed by atoms with van der Waals surface area (Å²) in [5, 5.41) is 11.6. The van der Waals surface area contributed by atoms with Crippen LogP contribution >= 0.6 is 11.8 Å². The first kappa shape index (κ1) is 18.3. The maximum Gasteiger partial charge on any atom is 0.416 e. The molecule has 27 heavy (non-hydrogen) atoms. The van der Waals surface area contributed by atoms with E-state index in [-0.39, 0.29) is 5.91 Å². The second-order valence-electron chi connectivity index (χ2n) is 7.04. The third kappa shape index (κ3) is 4.12. The Morgan fingerprint density at radius 1 is 1.19 bits per heavy atom. The summed E-state index contributed by atoms with van der Waals surface area (Å²) in [5.74, 6) is 1.23. The lowest BCUT2D eigenvalue weighted by molar-refractivity contribution is -0.137. The first-order chi connectivity index (χ1) is 12.8. The number of hydrogen-bond acceptors (Lipinski definition) is 4. The number of benzene rings is 1. The van der Waals surface area contributed by atoms with Crippen LogP contribution in [0.5, 0.6) is 0 Å². The number of hydrogen-bond donors (Lipinski definition) is 1.